The van der Waals surface area contributed by atoms with Crippen molar-refractivity contribution in [3.05, 3.63) is 52.1 Å². The van der Waals surface area contributed by atoms with E-state index in [1.165, 1.54) is 26.4 Å². The zero-order valence-corrected chi connectivity index (χ0v) is 14.1. The molecule has 0 bridgehead atoms. The van der Waals surface area contributed by atoms with Gasteiger partial charge in [0, 0.05) is 18.2 Å². The van der Waals surface area contributed by atoms with Crippen LogP contribution in [0.1, 0.15) is 10.4 Å². The highest BCUT2D eigenvalue weighted by Crippen LogP contribution is 2.29. The predicted molar refractivity (Wildman–Crippen MR) is 92.2 cm³/mol. The number of hydrogen-bond acceptors (Lipinski definition) is 7. The molecule has 0 saturated heterocycles. The van der Waals surface area contributed by atoms with Crippen molar-refractivity contribution < 1.29 is 28.7 Å². The molecule has 0 unspecified atom stereocenters. The van der Waals surface area contributed by atoms with E-state index in [-0.39, 0.29) is 17.0 Å². The van der Waals surface area contributed by atoms with Gasteiger partial charge in [0.15, 0.2) is 12.9 Å². The Morgan fingerprint density at radius 3 is 2.54 bits per heavy atom. The predicted octanol–water partition coefficient (Wildman–Crippen LogP) is 2.44. The van der Waals surface area contributed by atoms with Crippen LogP contribution in [0.4, 0.5) is 11.4 Å². The van der Waals surface area contributed by atoms with Gasteiger partial charge >= 0.3 is 0 Å². The number of benzene rings is 2. The molecule has 9 heteroatoms. The minimum absolute atomic E-state index is 0.0194. The van der Waals surface area contributed by atoms with Crippen molar-refractivity contribution in [3.63, 3.8) is 0 Å². The molecule has 0 aromatic heterocycles. The van der Waals surface area contributed by atoms with Crippen molar-refractivity contribution in [1.82, 2.24) is 0 Å². The summed E-state index contributed by atoms with van der Waals surface area (Å²) in [6.45, 7) is -0.395. The molecule has 9 nitrogen and oxygen atoms in total. The van der Waals surface area contributed by atoms with Crippen LogP contribution in [0.5, 0.6) is 17.2 Å². The minimum atomic E-state index is -0.626. The largest absolute Gasteiger partial charge is 0.497 e. The van der Waals surface area contributed by atoms with Gasteiger partial charge in [-0.3, -0.25) is 19.7 Å². The molecule has 0 radical (unpaired) electrons. The molecular formula is C17H16N2O7. The van der Waals surface area contributed by atoms with E-state index in [9.17, 15) is 19.7 Å². The number of carbonyl (C=O) groups excluding carboxylic acids is 2. The second-order valence-electron chi connectivity index (χ2n) is 5.00. The van der Waals surface area contributed by atoms with E-state index >= 15 is 0 Å². The van der Waals surface area contributed by atoms with Crippen LogP contribution >= 0.6 is 0 Å². The molecule has 1 amide bonds. The maximum Gasteiger partial charge on any atom is 0.270 e. The van der Waals surface area contributed by atoms with Gasteiger partial charge in [-0.25, -0.2) is 0 Å². The van der Waals surface area contributed by atoms with Crippen LogP contribution in [-0.2, 0) is 4.79 Å². The fourth-order valence-corrected chi connectivity index (χ4v) is 2.10. The highest BCUT2D eigenvalue weighted by Gasteiger charge is 2.14. The lowest BCUT2D eigenvalue weighted by molar-refractivity contribution is -0.384. The van der Waals surface area contributed by atoms with E-state index in [1.807, 2.05) is 0 Å². The lowest BCUT2D eigenvalue weighted by atomic mass is 10.2. The van der Waals surface area contributed by atoms with Crippen LogP contribution in [0, 0.1) is 10.1 Å². The Morgan fingerprint density at radius 2 is 1.92 bits per heavy atom. The maximum atomic E-state index is 12.1. The van der Waals surface area contributed by atoms with E-state index in [0.29, 0.717) is 23.5 Å². The molecule has 2 rings (SSSR count). The fourth-order valence-electron chi connectivity index (χ4n) is 2.10. The van der Waals surface area contributed by atoms with Gasteiger partial charge in [-0.15, -0.1) is 0 Å². The first kappa shape index (κ1) is 18.7. The summed E-state index contributed by atoms with van der Waals surface area (Å²) in [7, 11) is 2.96. The second kappa shape index (κ2) is 8.47. The van der Waals surface area contributed by atoms with Gasteiger partial charge in [0.25, 0.3) is 11.6 Å². The molecule has 0 spiro atoms. The van der Waals surface area contributed by atoms with Crippen molar-refractivity contribution in [1.29, 1.82) is 0 Å². The van der Waals surface area contributed by atoms with Gasteiger partial charge in [-0.05, 0) is 18.2 Å². The lowest BCUT2D eigenvalue weighted by Crippen LogP contribution is -2.21. The Hall–Kier alpha value is -3.62. The third kappa shape index (κ3) is 4.47. The zero-order chi connectivity index (χ0) is 19.1. The molecule has 2 aromatic carbocycles. The normalized spacial score (nSPS) is 9.92. The molecule has 0 atom stereocenters. The Kier molecular flexibility index (Phi) is 6.10. The highest BCUT2D eigenvalue weighted by molar-refractivity contribution is 5.93. The number of nitrogens with one attached hydrogen (secondary N) is 1. The van der Waals surface area contributed by atoms with Crippen LogP contribution in [0.2, 0.25) is 0 Å². The fraction of sp³-hybridized carbons (Fsp3) is 0.176. The molecule has 2 aromatic rings. The molecular weight excluding hydrogens is 344 g/mol. The molecule has 0 aliphatic heterocycles. The molecule has 0 aliphatic carbocycles. The first-order chi connectivity index (χ1) is 12.5. The number of ether oxygens (including phenoxy) is 3. The average Bonchev–Trinajstić information content (AvgIpc) is 2.66. The smallest absolute Gasteiger partial charge is 0.270 e. The lowest BCUT2D eigenvalue weighted by Gasteiger charge is -2.12. The van der Waals surface area contributed by atoms with Gasteiger partial charge in [0.05, 0.1) is 30.4 Å². The maximum absolute atomic E-state index is 12.1. The number of hydrogen-bond donors (Lipinski definition) is 1. The molecule has 0 aliphatic rings. The summed E-state index contributed by atoms with van der Waals surface area (Å²) in [5.74, 6) is 0.547. The van der Waals surface area contributed by atoms with Crippen LogP contribution in [0.15, 0.2) is 36.4 Å². The van der Waals surface area contributed by atoms with Crippen molar-refractivity contribution in [2.75, 3.05) is 26.1 Å². The third-order valence-corrected chi connectivity index (χ3v) is 3.37. The van der Waals surface area contributed by atoms with Crippen LogP contribution in [-0.4, -0.2) is 37.9 Å². The van der Waals surface area contributed by atoms with Gasteiger partial charge in [-0.2, -0.15) is 0 Å². The van der Waals surface area contributed by atoms with Crippen molar-refractivity contribution in [3.8, 4) is 17.2 Å². The number of rotatable bonds is 8. The molecule has 0 heterocycles. The van der Waals surface area contributed by atoms with Crippen molar-refractivity contribution in [2.45, 2.75) is 0 Å². The van der Waals surface area contributed by atoms with Crippen molar-refractivity contribution >= 4 is 23.6 Å². The van der Waals surface area contributed by atoms with Gasteiger partial charge < -0.3 is 19.5 Å². The Labute approximate surface area is 148 Å². The molecule has 136 valence electrons. The Morgan fingerprint density at radius 1 is 1.15 bits per heavy atom. The molecule has 1 N–H and O–H groups in total. The van der Waals surface area contributed by atoms with Crippen LogP contribution in [0.25, 0.3) is 0 Å². The number of nitro benzene ring substituents is 1. The second-order valence-corrected chi connectivity index (χ2v) is 5.00. The quantitative estimate of drug-likeness (QED) is 0.436. The molecule has 0 saturated carbocycles. The van der Waals surface area contributed by atoms with E-state index < -0.39 is 17.4 Å². The average molecular weight is 360 g/mol. The monoisotopic (exact) mass is 360 g/mol. The SMILES string of the molecule is COc1ccc(NC(=O)COc2ccc([N+](=O)[O-])cc2C=O)c(OC)c1. The number of amides is 1. The number of non-ortho nitro benzene ring substituents is 1. The molecule has 26 heavy (non-hydrogen) atoms. The van der Waals surface area contributed by atoms with Crippen molar-refractivity contribution in [2.24, 2.45) is 0 Å². The first-order valence-electron chi connectivity index (χ1n) is 7.36. The van der Waals surface area contributed by atoms with Crippen LogP contribution in [0.3, 0.4) is 0 Å². The number of methoxy groups -OCH3 is 2. The number of nitrogens with zero attached hydrogens (tertiary/aromatic N) is 1. The summed E-state index contributed by atoms with van der Waals surface area (Å²) in [5.41, 5.74) is 0.155. The summed E-state index contributed by atoms with van der Waals surface area (Å²) < 4.78 is 15.5. The zero-order valence-electron chi connectivity index (χ0n) is 14.1. The standard InChI is InChI=1S/C17H16N2O7/c1-24-13-4-5-14(16(8-13)25-2)18-17(21)10-26-15-6-3-12(19(22)23)7-11(15)9-20/h3-9H,10H2,1-2H3,(H,18,21). The minimum Gasteiger partial charge on any atom is -0.497 e. The van der Waals surface area contributed by atoms with E-state index in [2.05, 4.69) is 5.32 Å². The Bertz CT molecular complexity index is 836. The summed E-state index contributed by atoms with van der Waals surface area (Å²) >= 11 is 0. The topological polar surface area (TPSA) is 117 Å². The number of nitro groups is 1. The van der Waals surface area contributed by atoms with E-state index in [4.69, 9.17) is 14.2 Å². The first-order valence-corrected chi connectivity index (χ1v) is 7.36. The number of anilines is 1. The Balaban J connectivity index is 2.05. The van der Waals surface area contributed by atoms with Crippen LogP contribution < -0.4 is 19.5 Å². The van der Waals surface area contributed by atoms with Gasteiger partial charge in [0.2, 0.25) is 0 Å². The summed E-state index contributed by atoms with van der Waals surface area (Å²) in [6.07, 6.45) is 0.423. The summed E-state index contributed by atoms with van der Waals surface area (Å²) in [5, 5.41) is 13.3. The summed E-state index contributed by atoms with van der Waals surface area (Å²) in [6, 6.07) is 8.40. The highest BCUT2D eigenvalue weighted by atomic mass is 16.6. The van der Waals surface area contributed by atoms with Gasteiger partial charge in [0.1, 0.15) is 17.2 Å². The van der Waals surface area contributed by atoms with E-state index in [0.717, 1.165) is 6.07 Å². The van der Waals surface area contributed by atoms with E-state index in [1.54, 1.807) is 18.2 Å². The third-order valence-electron chi connectivity index (χ3n) is 3.37. The molecule has 0 fully saturated rings. The summed E-state index contributed by atoms with van der Waals surface area (Å²) in [4.78, 5) is 33.2. The number of aldehydes is 1. The number of carbonyl (C=O) groups is 2. The van der Waals surface area contributed by atoms with Gasteiger partial charge in [-0.1, -0.05) is 0 Å².